The lowest BCUT2D eigenvalue weighted by Crippen LogP contribution is -2.68. The highest BCUT2D eigenvalue weighted by atomic mass is 32.1. The van der Waals surface area contributed by atoms with Crippen molar-refractivity contribution in [2.45, 2.75) is 199 Å². The Morgan fingerprint density at radius 2 is 1.35 bits per heavy atom. The minimum atomic E-state index is -2.05. The van der Waals surface area contributed by atoms with Crippen LogP contribution in [-0.4, -0.2) is 190 Å². The molecule has 6 fully saturated rings. The van der Waals surface area contributed by atoms with Crippen molar-refractivity contribution in [2.24, 2.45) is 56.0 Å². The van der Waals surface area contributed by atoms with Gasteiger partial charge in [0.2, 0.25) is 11.8 Å². The maximum atomic E-state index is 14.8. The lowest BCUT2D eigenvalue weighted by Gasteiger charge is -2.70. The SMILES string of the molecule is CC1(C)[C@@H](O[C@H]2O[C@H](C(=O)O)[C@@H](O)[C@H](O)[C@H]2O[C@@H]2O[C@H](C(=O)O)[C@@H](O)[C@H](O)[C@H]2O)CC[C@]2(C)[C@H]3C(=O)C=C4[C@@H]5C[C@@](C)(C(=O)O)CC[C@]5(C)CC[C@@]4(C)[C@]3(C)CC[C@@H]12.N[C@@H](CCC(=O)N[C@@H](CS)C(=O)NCC(=O)O)C(=O)O. The summed E-state index contributed by atoms with van der Waals surface area (Å²) in [5, 5.41) is 104. The normalized spacial score (nSPS) is 42.4. The first-order valence-corrected chi connectivity index (χ1v) is 27.0. The van der Waals surface area contributed by atoms with Gasteiger partial charge < -0.3 is 86.4 Å². The molecule has 4 saturated carbocycles. The third-order valence-electron chi connectivity index (χ3n) is 19.5. The number of nitrogens with two attached hydrogens (primary N) is 1. The minimum absolute atomic E-state index is 0.0217. The summed E-state index contributed by atoms with van der Waals surface area (Å²) in [6.07, 6.45) is -12.5. The number of ketones is 1. The van der Waals surface area contributed by atoms with Crippen molar-refractivity contribution >= 4 is 60.1 Å². The fraction of sp³-hybridized carbons (Fsp3) is 0.808. The Bertz CT molecular complexity index is 2370. The summed E-state index contributed by atoms with van der Waals surface area (Å²) in [5.74, 6) is -8.17. The van der Waals surface area contributed by atoms with E-state index in [4.69, 9.17) is 34.9 Å². The summed E-state index contributed by atoms with van der Waals surface area (Å²) < 4.78 is 23.4. The number of ether oxygens (including phenoxy) is 4. The number of fused-ring (bicyclic) bond motifs is 7. The average molecular weight is 1130 g/mol. The number of aliphatic hydroxyl groups is 5. The van der Waals surface area contributed by atoms with E-state index in [0.29, 0.717) is 25.7 Å². The first-order chi connectivity index (χ1) is 36.0. The molecule has 21 atom stereocenters. The van der Waals surface area contributed by atoms with Crippen LogP contribution in [0.5, 0.6) is 0 Å². The van der Waals surface area contributed by atoms with Gasteiger partial charge in [-0.05, 0) is 116 Å². The van der Waals surface area contributed by atoms with E-state index >= 15 is 0 Å². The van der Waals surface area contributed by atoms with Gasteiger partial charge in [-0.3, -0.25) is 28.8 Å². The van der Waals surface area contributed by atoms with Crippen LogP contribution in [0.4, 0.5) is 0 Å². The summed E-state index contributed by atoms with van der Waals surface area (Å²) in [5.41, 5.74) is 3.42. The number of amides is 2. The number of aliphatic hydroxyl groups excluding tert-OH is 5. The fourth-order valence-corrected chi connectivity index (χ4v) is 14.8. The average Bonchev–Trinajstić information content (AvgIpc) is 3.39. The molecular weight excluding hydrogens is 1050 g/mol. The molecule has 7 aliphatic rings. The second-order valence-electron chi connectivity index (χ2n) is 24.5. The number of aliphatic carboxylic acids is 5. The summed E-state index contributed by atoms with van der Waals surface area (Å²) in [4.78, 5) is 95.0. The Balaban J connectivity index is 0.000000418. The minimum Gasteiger partial charge on any atom is -0.481 e. The maximum absolute atomic E-state index is 14.8. The van der Waals surface area contributed by atoms with Crippen LogP contribution in [0.1, 0.15) is 119 Å². The van der Waals surface area contributed by atoms with E-state index in [1.165, 1.54) is 0 Å². The number of rotatable bonds is 16. The third-order valence-corrected chi connectivity index (χ3v) is 19.8. The third kappa shape index (κ3) is 11.6. The zero-order valence-electron chi connectivity index (χ0n) is 44.9. The highest BCUT2D eigenvalue weighted by Gasteiger charge is 2.71. The van der Waals surface area contributed by atoms with Gasteiger partial charge in [-0.15, -0.1) is 0 Å². The number of carbonyl (C=O) groups excluding carboxylic acids is 3. The number of hydrogen-bond acceptors (Lipinski definition) is 19. The predicted molar refractivity (Wildman–Crippen MR) is 271 cm³/mol. The fourth-order valence-electron chi connectivity index (χ4n) is 14.5. The molecule has 14 N–H and O–H groups in total. The lowest BCUT2D eigenvalue weighted by molar-refractivity contribution is -0.371. The Hall–Kier alpha value is -4.35. The molecule has 0 radical (unpaired) electrons. The largest absolute Gasteiger partial charge is 0.481 e. The van der Waals surface area contributed by atoms with E-state index in [1.807, 2.05) is 26.8 Å². The van der Waals surface area contributed by atoms with Crippen LogP contribution in [0.15, 0.2) is 11.6 Å². The Morgan fingerprint density at radius 1 is 0.756 bits per heavy atom. The Morgan fingerprint density at radius 3 is 1.91 bits per heavy atom. The number of carbonyl (C=O) groups is 8. The number of carboxylic acid groups (broad SMARTS) is 5. The second kappa shape index (κ2) is 23.3. The molecule has 78 heavy (non-hydrogen) atoms. The van der Waals surface area contributed by atoms with Gasteiger partial charge in [-0.2, -0.15) is 12.6 Å². The number of carboxylic acids is 5. The molecule has 0 spiro atoms. The summed E-state index contributed by atoms with van der Waals surface area (Å²) in [6.45, 7) is 14.3. The summed E-state index contributed by atoms with van der Waals surface area (Å²) in [6, 6.07) is -2.15. The summed E-state index contributed by atoms with van der Waals surface area (Å²) >= 11 is 3.87. The van der Waals surface area contributed by atoms with Crippen LogP contribution in [0.2, 0.25) is 0 Å². The van der Waals surface area contributed by atoms with E-state index < -0.39 is 149 Å². The number of allylic oxidation sites excluding steroid dienone is 2. The molecule has 0 aromatic heterocycles. The van der Waals surface area contributed by atoms with Gasteiger partial charge in [0.05, 0.1) is 11.5 Å². The zero-order valence-corrected chi connectivity index (χ0v) is 45.8. The second-order valence-corrected chi connectivity index (χ2v) is 24.9. The van der Waals surface area contributed by atoms with Crippen LogP contribution in [0.25, 0.3) is 0 Å². The molecule has 26 heteroatoms. The molecule has 2 aliphatic heterocycles. The van der Waals surface area contributed by atoms with Crippen molar-refractivity contribution in [3.63, 3.8) is 0 Å². The Kier molecular flexibility index (Phi) is 18.7. The van der Waals surface area contributed by atoms with Gasteiger partial charge in [0.1, 0.15) is 55.3 Å². The van der Waals surface area contributed by atoms with Crippen molar-refractivity contribution < 1.29 is 108 Å². The highest BCUT2D eigenvalue weighted by Crippen LogP contribution is 2.75. The van der Waals surface area contributed by atoms with Gasteiger partial charge in [-0.1, -0.05) is 47.1 Å². The quantitative estimate of drug-likeness (QED) is 0.0716. The molecule has 2 amide bonds. The van der Waals surface area contributed by atoms with Crippen LogP contribution >= 0.6 is 12.6 Å². The monoisotopic (exact) mass is 1130 g/mol. The maximum Gasteiger partial charge on any atom is 0.335 e. The van der Waals surface area contributed by atoms with E-state index in [1.54, 1.807) is 0 Å². The van der Waals surface area contributed by atoms with Gasteiger partial charge in [0.25, 0.3) is 0 Å². The van der Waals surface area contributed by atoms with Crippen LogP contribution in [0.3, 0.4) is 0 Å². The molecule has 2 heterocycles. The van der Waals surface area contributed by atoms with Gasteiger partial charge in [0, 0.05) is 18.1 Å². The van der Waals surface area contributed by atoms with Crippen LogP contribution in [0, 0.1) is 50.2 Å². The molecule has 2 saturated heterocycles. The molecule has 440 valence electrons. The van der Waals surface area contributed by atoms with Crippen molar-refractivity contribution in [3.8, 4) is 0 Å². The number of hydrogen-bond donors (Lipinski definition) is 14. The number of thiol groups is 1. The predicted octanol–water partition coefficient (Wildman–Crippen LogP) is 0.0395. The van der Waals surface area contributed by atoms with Crippen molar-refractivity contribution in [1.29, 1.82) is 0 Å². The standard InChI is InChI=1S/C42H62O16.C10H17N3O6S/c1-37(2)21-8-11-42(7)31(20(43)16-18-19-17-39(4,36(53)54)13-12-38(19,3)14-15-41(18,42)6)40(21,5)10-9-22(37)55-35-30(26(47)25(46)29(57-35)33(51)52)58-34-27(48)23(44)24(45)28(56-34)32(49)50;11-5(10(18)19)1-2-7(14)13-6(4-20)9(17)12-3-8(15)16/h16,19,21-31,34-35,44-48H,8-15,17H2,1-7H3,(H,49,50)(H,51,52)(H,53,54);5-6,20H,1-4,11H2,(H,12,17)(H,13,14)(H,15,16)(H,18,19)/t19-,21-,22-,23-,24-,25-,26-,27+,28-,29-,30+,31+,34-,35-,38+,39-,40-,41+,42+;5-,6-/m00/s1. The van der Waals surface area contributed by atoms with E-state index in [2.05, 4.69) is 51.0 Å². The van der Waals surface area contributed by atoms with E-state index in [-0.39, 0.29) is 53.0 Å². The molecule has 0 unspecified atom stereocenters. The summed E-state index contributed by atoms with van der Waals surface area (Å²) in [7, 11) is 0. The van der Waals surface area contributed by atoms with Crippen LogP contribution < -0.4 is 16.4 Å². The molecule has 0 bridgehead atoms. The smallest absolute Gasteiger partial charge is 0.335 e. The first-order valence-electron chi connectivity index (χ1n) is 26.4. The number of nitrogens with one attached hydrogen (secondary N) is 2. The van der Waals surface area contributed by atoms with Gasteiger partial charge >= 0.3 is 29.8 Å². The van der Waals surface area contributed by atoms with E-state index in [9.17, 15) is 79.2 Å². The van der Waals surface area contributed by atoms with Crippen molar-refractivity contribution in [1.82, 2.24) is 10.6 Å². The molecular formula is C52H79N3O22S. The molecule has 0 aromatic rings. The Labute approximate surface area is 456 Å². The lowest BCUT2D eigenvalue weighted by atomic mass is 9.33. The first kappa shape index (κ1) is 62.8. The topological polar surface area (TPSA) is 426 Å². The van der Waals surface area contributed by atoms with Crippen molar-refractivity contribution in [3.05, 3.63) is 11.6 Å². The molecule has 7 rings (SSSR count). The van der Waals surface area contributed by atoms with E-state index in [0.717, 1.165) is 37.7 Å². The molecule has 5 aliphatic carbocycles. The van der Waals surface area contributed by atoms with Gasteiger partial charge in [-0.25, -0.2) is 9.59 Å². The zero-order chi connectivity index (χ0) is 58.6. The highest BCUT2D eigenvalue weighted by molar-refractivity contribution is 7.80. The molecule has 0 aromatic carbocycles. The van der Waals surface area contributed by atoms with Crippen molar-refractivity contribution in [2.75, 3.05) is 12.3 Å². The molecule has 25 nitrogen and oxygen atoms in total. The van der Waals surface area contributed by atoms with Gasteiger partial charge in [0.15, 0.2) is 30.6 Å². The van der Waals surface area contributed by atoms with Crippen LogP contribution in [-0.2, 0) is 57.3 Å².